The smallest absolute Gasteiger partial charge is 0.245 e. The molecule has 9 atom stereocenters. The van der Waals surface area contributed by atoms with Crippen LogP contribution in [0.1, 0.15) is 79.7 Å². The molecule has 0 saturated carbocycles. The molecule has 1 aromatic carbocycles. The molecule has 0 spiro atoms. The molecule has 1 aromatic rings. The highest BCUT2D eigenvalue weighted by Crippen LogP contribution is 2.30. The molecule has 1 fully saturated rings. The topological polar surface area (TPSA) is 153 Å². The minimum atomic E-state index is -0.804. The maximum atomic E-state index is 14.3. The molecule has 1 aliphatic rings. The van der Waals surface area contributed by atoms with E-state index in [4.69, 9.17) is 9.47 Å². The van der Waals surface area contributed by atoms with Crippen molar-refractivity contribution in [2.75, 3.05) is 62.0 Å². The summed E-state index contributed by atoms with van der Waals surface area (Å²) in [6.07, 6.45) is 1.11. The van der Waals surface area contributed by atoms with Gasteiger partial charge in [0.1, 0.15) is 18.1 Å². The van der Waals surface area contributed by atoms with Crippen LogP contribution in [0, 0.1) is 23.7 Å². The van der Waals surface area contributed by atoms with Crippen LogP contribution in [-0.4, -0.2) is 153 Å². The number of amides is 5. The van der Waals surface area contributed by atoms with Gasteiger partial charge in [-0.25, -0.2) is 4.31 Å². The summed E-state index contributed by atoms with van der Waals surface area (Å²) in [5.41, 5.74) is 0.917. The van der Waals surface area contributed by atoms with Crippen LogP contribution < -0.4 is 16.0 Å². The largest absolute Gasteiger partial charge is 0.379 e. The van der Waals surface area contributed by atoms with E-state index in [0.29, 0.717) is 32.5 Å². The first-order chi connectivity index (χ1) is 27.8. The Balaban J connectivity index is 2.30. The number of hydrogen-bond donors (Lipinski definition) is 4. The molecule has 14 nitrogen and oxygen atoms in total. The molecule has 0 radical (unpaired) electrons. The van der Waals surface area contributed by atoms with Gasteiger partial charge in [0, 0.05) is 47.3 Å². The number of carbonyl (C=O) groups is 5. The lowest BCUT2D eigenvalue weighted by Crippen LogP contribution is -2.59. The van der Waals surface area contributed by atoms with Gasteiger partial charge in [-0.05, 0) is 68.3 Å². The number of likely N-dealkylation sites (tertiary alicyclic amines) is 1. The highest BCUT2D eigenvalue weighted by atomic mass is 33.1. The molecule has 0 aromatic heterocycles. The second kappa shape index (κ2) is 25.8. The first-order valence-corrected chi connectivity index (χ1v) is 22.9. The first-order valence-electron chi connectivity index (χ1n) is 21.1. The summed E-state index contributed by atoms with van der Waals surface area (Å²) < 4.78 is 13.8. The minimum Gasteiger partial charge on any atom is -0.379 e. The Morgan fingerprint density at radius 2 is 1.54 bits per heavy atom. The second-order valence-electron chi connectivity index (χ2n) is 17.0. The van der Waals surface area contributed by atoms with Crippen molar-refractivity contribution < 1.29 is 33.4 Å². The highest BCUT2D eigenvalue weighted by Gasteiger charge is 2.43. The fraction of sp³-hybridized carbons (Fsp3) is 0.744. The van der Waals surface area contributed by atoms with Gasteiger partial charge in [0.05, 0.1) is 36.6 Å². The number of carbonyl (C=O) groups excluding carboxylic acids is 5. The third-order valence-electron chi connectivity index (χ3n) is 11.7. The van der Waals surface area contributed by atoms with E-state index >= 15 is 0 Å². The lowest BCUT2D eigenvalue weighted by atomic mass is 9.89. The van der Waals surface area contributed by atoms with Crippen LogP contribution in [0.2, 0.25) is 0 Å². The summed E-state index contributed by atoms with van der Waals surface area (Å²) in [7, 11) is 11.6. The Hall–Kier alpha value is -2.89. The van der Waals surface area contributed by atoms with Gasteiger partial charge in [0.2, 0.25) is 29.5 Å². The molecule has 59 heavy (non-hydrogen) atoms. The van der Waals surface area contributed by atoms with Crippen molar-refractivity contribution in [3.63, 3.8) is 0 Å². The predicted octanol–water partition coefficient (Wildman–Crippen LogP) is 3.90. The molecule has 1 aliphatic heterocycles. The Kier molecular flexibility index (Phi) is 22.8. The first kappa shape index (κ1) is 52.2. The summed E-state index contributed by atoms with van der Waals surface area (Å²) in [4.78, 5) is 75.0. The predicted molar refractivity (Wildman–Crippen MR) is 239 cm³/mol. The molecule has 1 heterocycles. The van der Waals surface area contributed by atoms with E-state index in [2.05, 4.69) is 27.6 Å². The van der Waals surface area contributed by atoms with Crippen LogP contribution in [0.15, 0.2) is 30.3 Å². The average Bonchev–Trinajstić information content (AvgIpc) is 3.68. The Labute approximate surface area is 363 Å². The van der Waals surface area contributed by atoms with Gasteiger partial charge >= 0.3 is 0 Å². The summed E-state index contributed by atoms with van der Waals surface area (Å²) in [6, 6.07) is 6.58. The van der Waals surface area contributed by atoms with Gasteiger partial charge < -0.3 is 40.1 Å². The van der Waals surface area contributed by atoms with Crippen molar-refractivity contribution in [1.29, 1.82) is 0 Å². The molecule has 0 aliphatic carbocycles. The van der Waals surface area contributed by atoms with E-state index in [9.17, 15) is 24.0 Å². The van der Waals surface area contributed by atoms with Crippen molar-refractivity contribution in [3.8, 4) is 0 Å². The molecule has 336 valence electrons. The zero-order valence-corrected chi connectivity index (χ0v) is 39.6. The minimum absolute atomic E-state index is 0.000990. The van der Waals surface area contributed by atoms with Crippen molar-refractivity contribution in [2.24, 2.45) is 23.7 Å². The normalized spacial score (nSPS) is 18.5. The van der Waals surface area contributed by atoms with E-state index in [0.717, 1.165) is 29.4 Å². The lowest BCUT2D eigenvalue weighted by molar-refractivity contribution is -0.148. The molecule has 5 amide bonds. The zero-order chi connectivity index (χ0) is 44.6. The van der Waals surface area contributed by atoms with E-state index in [1.165, 1.54) is 0 Å². The molecule has 1 saturated heterocycles. The monoisotopic (exact) mass is 866 g/mol. The number of nitrogens with one attached hydrogen (secondary N) is 3. The third kappa shape index (κ3) is 15.2. The van der Waals surface area contributed by atoms with Gasteiger partial charge in [-0.3, -0.25) is 24.0 Å². The standard InChI is InChI=1S/C43H75N7O7S2/c1-14-29(6)38(48(10)43(55)36(27(2)3)46-42(54)37(28(4)5)49(11)59-58)34(56-12)26-35(51)50-23-18-21-33(50)39(57-13)30(7)40(52)45-32(25-31-19-16-15-17-20-31)41(53)44-22-24-47(8)9/h15-17,19-20,27-30,32-34,36-39,58H,14,18,21-26H2,1-13H3,(H,44,53)(H,45,52)(H,46,54)/t29-,30+,32-,33-,34+,36-,37-,38-,39+/m0/s1. The summed E-state index contributed by atoms with van der Waals surface area (Å²) in [5.74, 6) is -2.25. The van der Waals surface area contributed by atoms with E-state index in [1.807, 2.05) is 90.9 Å². The van der Waals surface area contributed by atoms with Gasteiger partial charge in [0.15, 0.2) is 0 Å². The van der Waals surface area contributed by atoms with Crippen LogP contribution in [0.3, 0.4) is 0 Å². The van der Waals surface area contributed by atoms with Crippen LogP contribution >= 0.6 is 22.6 Å². The lowest BCUT2D eigenvalue weighted by Gasteiger charge is -2.41. The number of ether oxygens (including phenoxy) is 2. The molecule has 16 heteroatoms. The number of rotatable bonds is 25. The van der Waals surface area contributed by atoms with E-state index in [-0.39, 0.29) is 53.7 Å². The molecule has 2 rings (SSSR count). The maximum Gasteiger partial charge on any atom is 0.245 e. The van der Waals surface area contributed by atoms with Crippen molar-refractivity contribution >= 4 is 52.2 Å². The number of thiol groups is 1. The van der Waals surface area contributed by atoms with Crippen LogP contribution in [-0.2, 0) is 39.9 Å². The van der Waals surface area contributed by atoms with E-state index < -0.39 is 48.3 Å². The Morgan fingerprint density at radius 3 is 2.07 bits per heavy atom. The number of likely N-dealkylation sites (N-methyl/N-ethyl adjacent to an activating group) is 3. The van der Waals surface area contributed by atoms with Crippen molar-refractivity contribution in [2.45, 2.75) is 123 Å². The molecular weight excluding hydrogens is 791 g/mol. The highest BCUT2D eigenvalue weighted by molar-refractivity contribution is 8.67. The van der Waals surface area contributed by atoms with Gasteiger partial charge in [-0.1, -0.05) is 96.9 Å². The van der Waals surface area contributed by atoms with Crippen LogP contribution in [0.5, 0.6) is 0 Å². The second-order valence-corrected chi connectivity index (χ2v) is 18.2. The third-order valence-corrected chi connectivity index (χ3v) is 12.9. The number of hydrogen-bond acceptors (Lipinski definition) is 11. The average molecular weight is 866 g/mol. The maximum absolute atomic E-state index is 14.3. The molecule has 0 unspecified atom stereocenters. The zero-order valence-electron chi connectivity index (χ0n) is 37.9. The fourth-order valence-corrected chi connectivity index (χ4v) is 8.85. The van der Waals surface area contributed by atoms with Gasteiger partial charge in [-0.15, -0.1) is 0 Å². The number of methoxy groups -OCH3 is 2. The SMILES string of the molecule is CC[C@H](C)[C@@H]([C@@H](CC(=O)N1CCC[C@H]1[C@H](OC)[C@@H](C)C(=O)N[C@@H](Cc1ccccc1)C(=O)NCCN(C)C)OC)N(C)C(=O)[C@@H](NC(=O)[C@H](C(C)C)N(C)SS)C(C)C. The fourth-order valence-electron chi connectivity index (χ4n) is 8.10. The molecular formula is C43H75N7O7S2. The number of benzene rings is 1. The van der Waals surface area contributed by atoms with Gasteiger partial charge in [0.25, 0.3) is 0 Å². The number of nitrogens with zero attached hydrogens (tertiary/aromatic N) is 4. The van der Waals surface area contributed by atoms with Gasteiger partial charge in [-0.2, -0.15) is 0 Å². The quantitative estimate of drug-likeness (QED) is 0.0648. The Morgan fingerprint density at radius 1 is 0.898 bits per heavy atom. The van der Waals surface area contributed by atoms with Crippen molar-refractivity contribution in [3.05, 3.63) is 35.9 Å². The Bertz CT molecular complexity index is 1470. The molecule has 0 bridgehead atoms. The van der Waals surface area contributed by atoms with Crippen LogP contribution in [0.25, 0.3) is 0 Å². The summed E-state index contributed by atoms with van der Waals surface area (Å²) in [6.45, 7) is 15.1. The van der Waals surface area contributed by atoms with Crippen molar-refractivity contribution in [1.82, 2.24) is 35.0 Å². The van der Waals surface area contributed by atoms with Crippen LogP contribution in [0.4, 0.5) is 0 Å². The molecule has 3 N–H and O–H groups in total. The summed E-state index contributed by atoms with van der Waals surface area (Å²) in [5, 5.41) is 8.98. The summed E-state index contributed by atoms with van der Waals surface area (Å²) >= 11 is 4.29. The van der Waals surface area contributed by atoms with E-state index in [1.54, 1.807) is 49.3 Å².